The number of nitrogens with zero attached hydrogens (tertiary/aromatic N) is 5. The standard InChI is InChI=1S/C26H31Cl2N7O/c1-3-17(2)14-21-16-34(25-22(28)29-23-24(30-25)32-26(36)31-23)12-13-35(21)20-8-10-33(11-9-20)15-18-4-6-19(27)7-5-18/h4-7,20-21H,1,8-16H2,2H3,(H2,29,30,31,32,36)/t21-/m0/s1. The minimum absolute atomic E-state index is 0.291. The summed E-state index contributed by atoms with van der Waals surface area (Å²) >= 11 is 12.5. The molecule has 1 atom stereocenters. The molecule has 0 aliphatic carbocycles. The van der Waals surface area contributed by atoms with Crippen LogP contribution in [0.3, 0.4) is 0 Å². The van der Waals surface area contributed by atoms with Gasteiger partial charge in [0.1, 0.15) is 0 Å². The summed E-state index contributed by atoms with van der Waals surface area (Å²) in [5.74, 6) is 0.613. The van der Waals surface area contributed by atoms with Crippen LogP contribution in [0.15, 0.2) is 46.9 Å². The molecule has 4 heterocycles. The highest BCUT2D eigenvalue weighted by atomic mass is 35.5. The van der Waals surface area contributed by atoms with Crippen molar-refractivity contribution in [2.45, 2.75) is 44.8 Å². The van der Waals surface area contributed by atoms with Crippen LogP contribution in [0.25, 0.3) is 11.3 Å². The number of aromatic amines is 2. The van der Waals surface area contributed by atoms with E-state index in [0.29, 0.717) is 34.3 Å². The third-order valence-electron chi connectivity index (χ3n) is 7.32. The zero-order valence-corrected chi connectivity index (χ0v) is 21.9. The Morgan fingerprint density at radius 1 is 1.08 bits per heavy atom. The molecule has 0 unspecified atom stereocenters. The first-order valence-corrected chi connectivity index (χ1v) is 13.1. The third-order valence-corrected chi connectivity index (χ3v) is 7.82. The molecule has 0 saturated carbocycles. The summed E-state index contributed by atoms with van der Waals surface area (Å²) in [7, 11) is 0. The summed E-state index contributed by atoms with van der Waals surface area (Å²) in [6.45, 7) is 11.5. The molecule has 2 N–H and O–H groups in total. The molecule has 2 saturated heterocycles. The number of nitrogens with one attached hydrogen (secondary N) is 2. The van der Waals surface area contributed by atoms with Crippen molar-refractivity contribution in [1.82, 2.24) is 29.7 Å². The largest absolute Gasteiger partial charge is 0.351 e. The van der Waals surface area contributed by atoms with Crippen molar-refractivity contribution < 1.29 is 0 Å². The van der Waals surface area contributed by atoms with Gasteiger partial charge in [-0.05, 0) is 62.5 Å². The number of likely N-dealkylation sites (tertiary alicyclic amines) is 1. The van der Waals surface area contributed by atoms with Crippen LogP contribution in [-0.2, 0) is 6.54 Å². The van der Waals surface area contributed by atoms with Gasteiger partial charge in [-0.3, -0.25) is 19.8 Å². The average molecular weight is 528 g/mol. The van der Waals surface area contributed by atoms with Gasteiger partial charge in [0.15, 0.2) is 22.3 Å². The molecule has 1 aromatic carbocycles. The van der Waals surface area contributed by atoms with E-state index in [9.17, 15) is 4.79 Å². The van der Waals surface area contributed by atoms with E-state index in [1.54, 1.807) is 0 Å². The lowest BCUT2D eigenvalue weighted by Crippen LogP contribution is -2.58. The molecule has 0 amide bonds. The lowest BCUT2D eigenvalue weighted by atomic mass is 9.96. The number of halogens is 2. The Hall–Kier alpha value is -2.61. The van der Waals surface area contributed by atoms with Crippen LogP contribution in [0, 0.1) is 0 Å². The molecule has 2 aliphatic heterocycles. The molecule has 5 rings (SSSR count). The SMILES string of the molecule is C=C=C(C)C[C@H]1CN(c2nc3[nH]c(=O)[nH]c3nc2Cl)CCN1C1CCN(Cc2ccc(Cl)cc2)CC1. The van der Waals surface area contributed by atoms with E-state index < -0.39 is 0 Å². The van der Waals surface area contributed by atoms with Gasteiger partial charge >= 0.3 is 5.69 Å². The highest BCUT2D eigenvalue weighted by molar-refractivity contribution is 6.32. The van der Waals surface area contributed by atoms with Crippen molar-refractivity contribution in [1.29, 1.82) is 0 Å². The summed E-state index contributed by atoms with van der Waals surface area (Å²) in [6, 6.07) is 8.97. The maximum atomic E-state index is 11.7. The number of benzene rings is 1. The summed E-state index contributed by atoms with van der Waals surface area (Å²) in [6.07, 6.45) is 3.16. The molecule has 8 nitrogen and oxygen atoms in total. The fourth-order valence-electron chi connectivity index (χ4n) is 5.43. The number of rotatable bonds is 6. The average Bonchev–Trinajstić information content (AvgIpc) is 3.24. The monoisotopic (exact) mass is 527 g/mol. The predicted octanol–water partition coefficient (Wildman–Crippen LogP) is 4.23. The fraction of sp³-hybridized carbons (Fsp3) is 0.462. The van der Waals surface area contributed by atoms with Crippen LogP contribution in [0.2, 0.25) is 10.2 Å². The van der Waals surface area contributed by atoms with Gasteiger partial charge < -0.3 is 4.90 Å². The highest BCUT2D eigenvalue weighted by Crippen LogP contribution is 2.30. The second-order valence-electron chi connectivity index (χ2n) is 9.75. The molecule has 36 heavy (non-hydrogen) atoms. The van der Waals surface area contributed by atoms with Gasteiger partial charge in [0, 0.05) is 43.3 Å². The topological polar surface area (TPSA) is 84.1 Å². The number of H-pyrrole nitrogens is 2. The highest BCUT2D eigenvalue weighted by Gasteiger charge is 2.35. The number of piperazine rings is 1. The van der Waals surface area contributed by atoms with Crippen molar-refractivity contribution in [3.8, 4) is 0 Å². The summed E-state index contributed by atoms with van der Waals surface area (Å²) in [5.41, 5.74) is 5.98. The summed E-state index contributed by atoms with van der Waals surface area (Å²) in [4.78, 5) is 33.3. The number of imidazole rings is 1. The molecule has 10 heteroatoms. The molecule has 3 aromatic rings. The van der Waals surface area contributed by atoms with Crippen LogP contribution in [0.5, 0.6) is 0 Å². The summed E-state index contributed by atoms with van der Waals surface area (Å²) < 4.78 is 0. The second-order valence-corrected chi connectivity index (χ2v) is 10.5. The Bertz CT molecular complexity index is 1320. The Balaban J connectivity index is 1.28. The summed E-state index contributed by atoms with van der Waals surface area (Å²) in [5, 5.41) is 1.08. The molecule has 0 radical (unpaired) electrons. The van der Waals surface area contributed by atoms with Crippen LogP contribution in [0.1, 0.15) is 31.7 Å². The minimum atomic E-state index is -0.338. The van der Waals surface area contributed by atoms with Crippen LogP contribution < -0.4 is 10.6 Å². The number of piperidine rings is 1. The first-order chi connectivity index (χ1) is 17.4. The van der Waals surface area contributed by atoms with Gasteiger partial charge in [0.05, 0.1) is 0 Å². The van der Waals surface area contributed by atoms with Crippen molar-refractivity contribution in [2.24, 2.45) is 0 Å². The van der Waals surface area contributed by atoms with E-state index in [0.717, 1.165) is 69.1 Å². The molecule has 2 aliphatic rings. The molecule has 0 spiro atoms. The van der Waals surface area contributed by atoms with Crippen LogP contribution in [0.4, 0.5) is 5.82 Å². The van der Waals surface area contributed by atoms with Gasteiger partial charge in [-0.2, -0.15) is 0 Å². The maximum absolute atomic E-state index is 11.7. The first kappa shape index (κ1) is 25.1. The first-order valence-electron chi connectivity index (χ1n) is 12.4. The quantitative estimate of drug-likeness (QED) is 0.466. The lowest BCUT2D eigenvalue weighted by molar-refractivity contribution is 0.0625. The van der Waals surface area contributed by atoms with E-state index in [-0.39, 0.29) is 5.69 Å². The number of fused-ring (bicyclic) bond motifs is 1. The predicted molar refractivity (Wildman–Crippen MR) is 145 cm³/mol. The Morgan fingerprint density at radius 3 is 2.47 bits per heavy atom. The Kier molecular flexibility index (Phi) is 7.51. The second kappa shape index (κ2) is 10.8. The molecule has 0 bridgehead atoms. The van der Waals surface area contributed by atoms with Crippen molar-refractivity contribution >= 4 is 40.3 Å². The van der Waals surface area contributed by atoms with Crippen LogP contribution in [-0.4, -0.2) is 74.5 Å². The van der Waals surface area contributed by atoms with Gasteiger partial charge in [-0.25, -0.2) is 14.8 Å². The van der Waals surface area contributed by atoms with E-state index >= 15 is 0 Å². The molecular weight excluding hydrogens is 497 g/mol. The van der Waals surface area contributed by atoms with Crippen molar-refractivity contribution in [3.63, 3.8) is 0 Å². The Morgan fingerprint density at radius 2 is 1.78 bits per heavy atom. The van der Waals surface area contributed by atoms with Gasteiger partial charge in [-0.15, -0.1) is 5.73 Å². The number of anilines is 1. The fourth-order valence-corrected chi connectivity index (χ4v) is 5.81. The minimum Gasteiger partial charge on any atom is -0.351 e. The van der Waals surface area contributed by atoms with E-state index in [1.165, 1.54) is 5.56 Å². The van der Waals surface area contributed by atoms with E-state index in [4.69, 9.17) is 23.2 Å². The maximum Gasteiger partial charge on any atom is 0.326 e. The smallest absolute Gasteiger partial charge is 0.326 e. The third kappa shape index (κ3) is 5.53. The van der Waals surface area contributed by atoms with E-state index in [2.05, 4.69) is 66.0 Å². The Labute approximate surface area is 220 Å². The number of hydrogen-bond acceptors (Lipinski definition) is 6. The zero-order valence-electron chi connectivity index (χ0n) is 20.4. The van der Waals surface area contributed by atoms with Crippen LogP contribution >= 0.6 is 23.2 Å². The molecule has 2 aromatic heterocycles. The number of hydrogen-bond donors (Lipinski definition) is 2. The van der Waals surface area contributed by atoms with E-state index in [1.807, 2.05) is 12.1 Å². The molecular formula is C26H31Cl2N7O. The molecule has 2 fully saturated rings. The molecule has 190 valence electrons. The normalized spacial score (nSPS) is 20.1. The number of aromatic nitrogens is 4. The van der Waals surface area contributed by atoms with Gasteiger partial charge in [-0.1, -0.05) is 41.9 Å². The van der Waals surface area contributed by atoms with Crippen molar-refractivity contribution in [2.75, 3.05) is 37.6 Å². The zero-order chi connectivity index (χ0) is 25.2. The van der Waals surface area contributed by atoms with Gasteiger partial charge in [0.2, 0.25) is 0 Å². The lowest BCUT2D eigenvalue weighted by Gasteiger charge is -2.48. The van der Waals surface area contributed by atoms with Crippen molar-refractivity contribution in [3.05, 3.63) is 68.4 Å². The van der Waals surface area contributed by atoms with Gasteiger partial charge in [0.25, 0.3) is 0 Å².